The molecule has 0 fully saturated rings. The van der Waals surface area contributed by atoms with Gasteiger partial charge in [0.2, 0.25) is 0 Å². The van der Waals surface area contributed by atoms with E-state index in [1.165, 1.54) is 127 Å². The van der Waals surface area contributed by atoms with Gasteiger partial charge >= 0.3 is 0 Å². The number of hydrogen-bond acceptors (Lipinski definition) is 2. The summed E-state index contributed by atoms with van der Waals surface area (Å²) in [5.41, 5.74) is 33.0. The van der Waals surface area contributed by atoms with Gasteiger partial charge in [-0.2, -0.15) is 0 Å². The van der Waals surface area contributed by atoms with Crippen LogP contribution in [0.2, 0.25) is 0 Å². The molecule has 0 spiro atoms. The van der Waals surface area contributed by atoms with Crippen molar-refractivity contribution in [2.75, 3.05) is 0 Å². The van der Waals surface area contributed by atoms with Crippen LogP contribution in [0, 0.1) is 0 Å². The minimum atomic E-state index is -0.130. The standard InChI is InChI=1S/C92H61N5/c1-91(2)76-28-12-8-22-64(76)66-44-40-62(52-78(66)91)96-80-30-14-10-24-68(80)70-42-34-59(50-84(70)96)57-36-46-82-74(48-57)75-49-58(60-35-43-71-69-25-11-15-31-81(69)97(85(71)51-60)63-41-45-67-65-23-9-13-29-77(65)92(3,4)79(67)53-63)37-47-83(75)95(82)61-38-32-55(33-39-61)88-87-72-26-16-20-54-21-17-27-73(86(54)72)89(87)94-90(93-88)56-18-6-5-7-19-56/h5-53H,1-4H3. The number of benzene rings is 14. The lowest BCUT2D eigenvalue weighted by Gasteiger charge is -2.22. The Kier molecular flexibility index (Phi) is 11.0. The molecular formula is C92H61N5. The summed E-state index contributed by atoms with van der Waals surface area (Å²) in [5.74, 6) is 0.718. The summed E-state index contributed by atoms with van der Waals surface area (Å²) in [6.07, 6.45) is 0. The maximum Gasteiger partial charge on any atom is 0.160 e. The fourth-order valence-electron chi connectivity index (χ4n) is 17.5. The molecule has 0 amide bonds. The van der Waals surface area contributed by atoms with Crippen LogP contribution >= 0.6 is 0 Å². The van der Waals surface area contributed by atoms with E-state index >= 15 is 0 Å². The lowest BCUT2D eigenvalue weighted by molar-refractivity contribution is 0.660. The number of hydrogen-bond donors (Lipinski definition) is 0. The lowest BCUT2D eigenvalue weighted by atomic mass is 9.82. The van der Waals surface area contributed by atoms with Gasteiger partial charge in [-0.05, 0) is 168 Å². The molecule has 0 saturated heterocycles. The molecule has 0 radical (unpaired) electrons. The highest BCUT2D eigenvalue weighted by atomic mass is 15.0. The van der Waals surface area contributed by atoms with Crippen molar-refractivity contribution in [1.82, 2.24) is 23.7 Å². The SMILES string of the molecule is CC1(C)c2ccccc2-c2ccc(-n3c4ccccc4c4ccc(-c5ccc6c(c5)c5cc(-c7ccc8c9ccccc9n(-c9ccc%10c(c9)C(C)(C)c9ccccc9-%10)c8c7)ccc5n6-c5ccc(-c6nc(-c7ccccc7)nc7c6-c6cccc8cccc-7c68)cc5)cc43)cc21. The average Bonchev–Trinajstić information content (AvgIpc) is 1.59. The molecule has 5 nitrogen and oxygen atoms in total. The monoisotopic (exact) mass is 1240 g/mol. The molecule has 21 rings (SSSR count). The second-order valence-corrected chi connectivity index (χ2v) is 28.0. The van der Waals surface area contributed by atoms with E-state index in [0.29, 0.717) is 0 Å². The third-order valence-electron chi connectivity index (χ3n) is 22.2. The normalized spacial score (nSPS) is 13.7. The Hall–Kier alpha value is -12.2. The molecule has 0 aliphatic heterocycles. The van der Waals surface area contributed by atoms with Crippen LogP contribution in [0.1, 0.15) is 49.9 Å². The summed E-state index contributed by atoms with van der Waals surface area (Å²) in [7, 11) is 0. The van der Waals surface area contributed by atoms with E-state index in [1.807, 2.05) is 6.07 Å². The van der Waals surface area contributed by atoms with Crippen molar-refractivity contribution in [2.45, 2.75) is 38.5 Å². The van der Waals surface area contributed by atoms with E-state index in [2.05, 4.69) is 333 Å². The zero-order valence-corrected chi connectivity index (χ0v) is 54.0. The van der Waals surface area contributed by atoms with Crippen molar-refractivity contribution < 1.29 is 0 Å². The first-order chi connectivity index (χ1) is 47.6. The predicted octanol–water partition coefficient (Wildman–Crippen LogP) is 23.8. The van der Waals surface area contributed by atoms with E-state index in [4.69, 9.17) is 9.97 Å². The van der Waals surface area contributed by atoms with E-state index in [-0.39, 0.29) is 10.8 Å². The molecule has 454 valence electrons. The minimum Gasteiger partial charge on any atom is -0.309 e. The molecule has 0 saturated carbocycles. The summed E-state index contributed by atoms with van der Waals surface area (Å²) >= 11 is 0. The van der Waals surface area contributed by atoms with E-state index in [1.54, 1.807) is 0 Å². The lowest BCUT2D eigenvalue weighted by Crippen LogP contribution is -2.15. The van der Waals surface area contributed by atoms with Crippen LogP contribution in [0.4, 0.5) is 0 Å². The van der Waals surface area contributed by atoms with Crippen molar-refractivity contribution in [1.29, 1.82) is 0 Å². The van der Waals surface area contributed by atoms with Crippen LogP contribution in [0.5, 0.6) is 0 Å². The highest BCUT2D eigenvalue weighted by molar-refractivity contribution is 6.18. The van der Waals surface area contributed by atoms with Crippen LogP contribution in [0.3, 0.4) is 0 Å². The summed E-state index contributed by atoms with van der Waals surface area (Å²) in [5, 5.41) is 9.76. The molecule has 18 aromatic rings. The van der Waals surface area contributed by atoms with Gasteiger partial charge in [-0.3, -0.25) is 0 Å². The average molecular weight is 1240 g/mol. The predicted molar refractivity (Wildman–Crippen MR) is 404 cm³/mol. The summed E-state index contributed by atoms with van der Waals surface area (Å²) in [6, 6.07) is 111. The highest BCUT2D eigenvalue weighted by Crippen LogP contribution is 2.54. The van der Waals surface area contributed by atoms with Crippen molar-refractivity contribution in [3.8, 4) is 107 Å². The Labute approximate surface area is 561 Å². The largest absolute Gasteiger partial charge is 0.309 e. The molecule has 4 aromatic heterocycles. The molecule has 3 aliphatic rings. The second-order valence-electron chi connectivity index (χ2n) is 28.0. The van der Waals surface area contributed by atoms with E-state index in [0.717, 1.165) is 78.4 Å². The number of rotatable bonds is 7. The molecular weight excluding hydrogens is 1180 g/mol. The first kappa shape index (κ1) is 54.2. The Balaban J connectivity index is 0.743. The topological polar surface area (TPSA) is 40.6 Å². The van der Waals surface area contributed by atoms with Gasteiger partial charge in [0.25, 0.3) is 0 Å². The van der Waals surface area contributed by atoms with Crippen LogP contribution in [0.25, 0.3) is 183 Å². The van der Waals surface area contributed by atoms with Crippen LogP contribution in [-0.2, 0) is 10.8 Å². The molecule has 97 heavy (non-hydrogen) atoms. The second kappa shape index (κ2) is 19.7. The van der Waals surface area contributed by atoms with Crippen molar-refractivity contribution in [2.24, 2.45) is 0 Å². The zero-order chi connectivity index (χ0) is 64.2. The van der Waals surface area contributed by atoms with Gasteiger partial charge in [-0.25, -0.2) is 9.97 Å². The van der Waals surface area contributed by atoms with Crippen molar-refractivity contribution in [3.63, 3.8) is 0 Å². The Morgan fingerprint density at radius 2 is 0.660 bits per heavy atom. The molecule has 0 unspecified atom stereocenters. The molecule has 0 N–H and O–H groups in total. The third kappa shape index (κ3) is 7.59. The first-order valence-electron chi connectivity index (χ1n) is 33.9. The number of para-hydroxylation sites is 2. The van der Waals surface area contributed by atoms with Gasteiger partial charge in [0.15, 0.2) is 5.82 Å². The van der Waals surface area contributed by atoms with Crippen LogP contribution in [0.15, 0.2) is 297 Å². The summed E-state index contributed by atoms with van der Waals surface area (Å²) < 4.78 is 7.44. The molecule has 14 aromatic carbocycles. The fraction of sp³-hybridized carbons (Fsp3) is 0.0652. The maximum absolute atomic E-state index is 5.46. The molecule has 0 bridgehead atoms. The minimum absolute atomic E-state index is 0.130. The van der Waals surface area contributed by atoms with Crippen LogP contribution in [-0.4, -0.2) is 23.7 Å². The number of aromatic nitrogens is 5. The van der Waals surface area contributed by atoms with Crippen molar-refractivity contribution in [3.05, 3.63) is 320 Å². The zero-order valence-electron chi connectivity index (χ0n) is 54.0. The third-order valence-corrected chi connectivity index (χ3v) is 22.2. The number of fused-ring (bicyclic) bond motifs is 18. The Bertz CT molecular complexity index is 6200. The molecule has 0 atom stereocenters. The van der Waals surface area contributed by atoms with E-state index in [9.17, 15) is 0 Å². The summed E-state index contributed by atoms with van der Waals surface area (Å²) in [4.78, 5) is 10.8. The smallest absolute Gasteiger partial charge is 0.160 e. The quantitative estimate of drug-likeness (QED) is 0.160. The van der Waals surface area contributed by atoms with Crippen LogP contribution < -0.4 is 0 Å². The fourth-order valence-corrected chi connectivity index (χ4v) is 17.5. The van der Waals surface area contributed by atoms with Gasteiger partial charge < -0.3 is 13.7 Å². The Morgan fingerprint density at radius 3 is 1.23 bits per heavy atom. The van der Waals surface area contributed by atoms with Gasteiger partial charge in [0.1, 0.15) is 0 Å². The molecule has 4 heterocycles. The first-order valence-corrected chi connectivity index (χ1v) is 33.9. The maximum atomic E-state index is 5.46. The Morgan fingerprint density at radius 1 is 0.247 bits per heavy atom. The molecule has 5 heteroatoms. The highest BCUT2D eigenvalue weighted by Gasteiger charge is 2.38. The van der Waals surface area contributed by atoms with Gasteiger partial charge in [-0.1, -0.05) is 240 Å². The van der Waals surface area contributed by atoms with Gasteiger partial charge in [0.05, 0.1) is 44.5 Å². The van der Waals surface area contributed by atoms with E-state index < -0.39 is 0 Å². The van der Waals surface area contributed by atoms with Gasteiger partial charge in [-0.15, -0.1) is 0 Å². The summed E-state index contributed by atoms with van der Waals surface area (Å²) in [6.45, 7) is 9.49. The molecule has 3 aliphatic carbocycles. The number of nitrogens with zero attached hydrogens (tertiary/aromatic N) is 5. The van der Waals surface area contributed by atoms with Crippen molar-refractivity contribution >= 4 is 76.2 Å². The van der Waals surface area contributed by atoms with Gasteiger partial charge in [0, 0.05) is 82.5 Å².